The van der Waals surface area contributed by atoms with Crippen molar-refractivity contribution in [1.82, 2.24) is 0 Å². The fourth-order valence-corrected chi connectivity index (χ4v) is 1.34. The van der Waals surface area contributed by atoms with E-state index in [2.05, 4.69) is 0 Å². The Morgan fingerprint density at radius 2 is 2.00 bits per heavy atom. The second kappa shape index (κ2) is 4.09. The minimum atomic E-state index is -1.06. The van der Waals surface area contributed by atoms with Crippen molar-refractivity contribution in [3.05, 3.63) is 45.5 Å². The Morgan fingerprint density at radius 3 is 2.33 bits per heavy atom. The van der Waals surface area contributed by atoms with Crippen LogP contribution >= 0.6 is 0 Å². The van der Waals surface area contributed by atoms with Gasteiger partial charge in [0.1, 0.15) is 0 Å². The Hall–Kier alpha value is -1.89. The number of nitrogens with zero attached hydrogens (tertiary/aromatic N) is 2. The van der Waals surface area contributed by atoms with Crippen molar-refractivity contribution < 1.29 is 4.92 Å². The molecular formula is C11H12N2O2. The molecule has 4 nitrogen and oxygen atoms in total. The summed E-state index contributed by atoms with van der Waals surface area (Å²) < 4.78 is 0. The number of nitriles is 1. The second-order valence-corrected chi connectivity index (χ2v) is 3.57. The molecule has 1 unspecified atom stereocenters. The summed E-state index contributed by atoms with van der Waals surface area (Å²) >= 11 is 0. The summed E-state index contributed by atoms with van der Waals surface area (Å²) in [5.74, 6) is 0. The van der Waals surface area contributed by atoms with Gasteiger partial charge in [-0.3, -0.25) is 10.1 Å². The quantitative estimate of drug-likeness (QED) is 0.561. The number of rotatable bonds is 3. The maximum Gasteiger partial charge on any atom is 0.244 e. The van der Waals surface area contributed by atoms with Crippen molar-refractivity contribution in [2.45, 2.75) is 25.8 Å². The molecule has 1 aromatic rings. The highest BCUT2D eigenvalue weighted by Crippen LogP contribution is 2.27. The van der Waals surface area contributed by atoms with Crippen molar-refractivity contribution in [3.63, 3.8) is 0 Å². The van der Waals surface area contributed by atoms with E-state index in [-0.39, 0.29) is 4.92 Å². The highest BCUT2D eigenvalue weighted by molar-refractivity contribution is 5.33. The molecule has 0 aliphatic carbocycles. The minimum Gasteiger partial charge on any atom is -0.264 e. The van der Waals surface area contributed by atoms with Gasteiger partial charge in [-0.1, -0.05) is 19.1 Å². The molecule has 0 heterocycles. The zero-order chi connectivity index (χ0) is 11.5. The lowest BCUT2D eigenvalue weighted by Gasteiger charge is -2.19. The summed E-state index contributed by atoms with van der Waals surface area (Å²) in [6.45, 7) is 3.37. The fraction of sp³-hybridized carbons (Fsp3) is 0.364. The Balaban J connectivity index is 3.15. The van der Waals surface area contributed by atoms with E-state index in [1.165, 1.54) is 0 Å². The molecule has 0 radical (unpaired) electrons. The van der Waals surface area contributed by atoms with Crippen molar-refractivity contribution in [1.29, 1.82) is 5.26 Å². The molecule has 0 aromatic heterocycles. The van der Waals surface area contributed by atoms with Crippen LogP contribution in [0.5, 0.6) is 0 Å². The molecule has 0 saturated heterocycles. The van der Waals surface area contributed by atoms with Gasteiger partial charge in [-0.25, -0.2) is 0 Å². The van der Waals surface area contributed by atoms with Crippen LogP contribution in [0, 0.1) is 21.4 Å². The van der Waals surface area contributed by atoms with Crippen molar-refractivity contribution in [3.8, 4) is 6.07 Å². The second-order valence-electron chi connectivity index (χ2n) is 3.57. The number of nitro groups is 1. The van der Waals surface area contributed by atoms with Gasteiger partial charge >= 0.3 is 0 Å². The van der Waals surface area contributed by atoms with E-state index in [1.54, 1.807) is 38.1 Å². The molecule has 0 amide bonds. The van der Waals surface area contributed by atoms with Gasteiger partial charge in [-0.05, 0) is 12.1 Å². The Kier molecular flexibility index (Phi) is 3.05. The first-order valence-electron chi connectivity index (χ1n) is 4.69. The van der Waals surface area contributed by atoms with Crippen LogP contribution in [0.1, 0.15) is 31.4 Å². The third kappa shape index (κ3) is 1.96. The maximum absolute atomic E-state index is 10.9. The SMILES string of the molecule is CCC(C)(c1ccc(C#N)cc1)[N+](=O)[O-]. The van der Waals surface area contributed by atoms with E-state index < -0.39 is 5.54 Å². The molecule has 0 fully saturated rings. The third-order valence-electron chi connectivity index (χ3n) is 2.73. The summed E-state index contributed by atoms with van der Waals surface area (Å²) in [4.78, 5) is 10.7. The molecule has 0 aliphatic heterocycles. The normalized spacial score (nSPS) is 13.9. The van der Waals surface area contributed by atoms with Crippen LogP contribution in [-0.4, -0.2) is 4.92 Å². The third-order valence-corrected chi connectivity index (χ3v) is 2.73. The van der Waals surface area contributed by atoms with E-state index >= 15 is 0 Å². The molecule has 0 saturated carbocycles. The Bertz CT molecular complexity index is 406. The monoisotopic (exact) mass is 204 g/mol. The molecule has 1 rings (SSSR count). The Morgan fingerprint density at radius 1 is 1.47 bits per heavy atom. The molecule has 0 aliphatic rings. The minimum absolute atomic E-state index is 0.283. The lowest BCUT2D eigenvalue weighted by Crippen LogP contribution is -2.30. The smallest absolute Gasteiger partial charge is 0.244 e. The summed E-state index contributed by atoms with van der Waals surface area (Å²) in [6, 6.07) is 8.48. The summed E-state index contributed by atoms with van der Waals surface area (Å²) in [7, 11) is 0. The molecule has 0 spiro atoms. The maximum atomic E-state index is 10.9. The van der Waals surface area contributed by atoms with Crippen LogP contribution in [0.15, 0.2) is 24.3 Å². The molecule has 4 heteroatoms. The highest BCUT2D eigenvalue weighted by Gasteiger charge is 2.36. The predicted octanol–water partition coefficient (Wildman–Crippen LogP) is 2.46. The number of hydrogen-bond acceptors (Lipinski definition) is 3. The first-order valence-corrected chi connectivity index (χ1v) is 4.69. The molecule has 0 bridgehead atoms. The van der Waals surface area contributed by atoms with E-state index in [1.807, 2.05) is 6.07 Å². The molecule has 15 heavy (non-hydrogen) atoms. The van der Waals surface area contributed by atoms with Gasteiger partial charge in [0.25, 0.3) is 0 Å². The largest absolute Gasteiger partial charge is 0.264 e. The van der Waals surface area contributed by atoms with Crippen molar-refractivity contribution >= 4 is 0 Å². The van der Waals surface area contributed by atoms with Gasteiger partial charge in [0.05, 0.1) is 11.6 Å². The molecule has 1 aromatic carbocycles. The average Bonchev–Trinajstić information content (AvgIpc) is 2.28. The molecule has 0 N–H and O–H groups in total. The first-order chi connectivity index (χ1) is 7.04. The van der Waals surface area contributed by atoms with E-state index in [4.69, 9.17) is 5.26 Å². The van der Waals surface area contributed by atoms with Gasteiger partial charge in [-0.2, -0.15) is 5.26 Å². The van der Waals surface area contributed by atoms with Crippen LogP contribution in [-0.2, 0) is 5.54 Å². The molecule has 1 atom stereocenters. The topological polar surface area (TPSA) is 66.9 Å². The zero-order valence-electron chi connectivity index (χ0n) is 8.73. The van der Waals surface area contributed by atoms with Gasteiger partial charge in [-0.15, -0.1) is 0 Å². The average molecular weight is 204 g/mol. The van der Waals surface area contributed by atoms with E-state index in [0.717, 1.165) is 0 Å². The van der Waals surface area contributed by atoms with Gasteiger partial charge in [0.2, 0.25) is 5.54 Å². The van der Waals surface area contributed by atoms with Crippen molar-refractivity contribution in [2.24, 2.45) is 0 Å². The van der Waals surface area contributed by atoms with Crippen LogP contribution in [0.4, 0.5) is 0 Å². The lowest BCUT2D eigenvalue weighted by atomic mass is 9.90. The summed E-state index contributed by atoms with van der Waals surface area (Å²) in [5, 5.41) is 19.6. The first kappa shape index (κ1) is 11.2. The van der Waals surface area contributed by atoms with Crippen LogP contribution < -0.4 is 0 Å². The van der Waals surface area contributed by atoms with E-state index in [0.29, 0.717) is 17.5 Å². The Labute approximate surface area is 88.3 Å². The van der Waals surface area contributed by atoms with Gasteiger partial charge in [0, 0.05) is 23.8 Å². The fourth-order valence-electron chi connectivity index (χ4n) is 1.34. The molecule has 78 valence electrons. The van der Waals surface area contributed by atoms with Crippen LogP contribution in [0.2, 0.25) is 0 Å². The molecular weight excluding hydrogens is 192 g/mol. The van der Waals surface area contributed by atoms with Gasteiger partial charge < -0.3 is 0 Å². The lowest BCUT2D eigenvalue weighted by molar-refractivity contribution is -0.575. The van der Waals surface area contributed by atoms with Crippen LogP contribution in [0.25, 0.3) is 0 Å². The van der Waals surface area contributed by atoms with Gasteiger partial charge in [0.15, 0.2) is 0 Å². The number of hydrogen-bond donors (Lipinski definition) is 0. The zero-order valence-corrected chi connectivity index (χ0v) is 8.73. The predicted molar refractivity (Wildman–Crippen MR) is 55.8 cm³/mol. The van der Waals surface area contributed by atoms with E-state index in [9.17, 15) is 10.1 Å². The summed E-state index contributed by atoms with van der Waals surface area (Å²) in [6.07, 6.45) is 0.423. The summed E-state index contributed by atoms with van der Waals surface area (Å²) in [5.41, 5.74) is 0.0862. The number of benzene rings is 1. The highest BCUT2D eigenvalue weighted by atomic mass is 16.6. The van der Waals surface area contributed by atoms with Crippen LogP contribution in [0.3, 0.4) is 0 Å². The van der Waals surface area contributed by atoms with Crippen molar-refractivity contribution in [2.75, 3.05) is 0 Å². The standard InChI is InChI=1S/C11H12N2O2/c1-3-11(2,13(14)15)10-6-4-9(8-12)5-7-10/h4-7H,3H2,1-2H3.